The van der Waals surface area contributed by atoms with Crippen LogP contribution in [-0.4, -0.2) is 34.4 Å². The summed E-state index contributed by atoms with van der Waals surface area (Å²) < 4.78 is 0. The van der Waals surface area contributed by atoms with Crippen molar-refractivity contribution in [2.45, 2.75) is 71.1 Å². The quantitative estimate of drug-likeness (QED) is 0.699. The van der Waals surface area contributed by atoms with Gasteiger partial charge in [0.05, 0.1) is 0 Å². The molecule has 0 aliphatic carbocycles. The zero-order valence-corrected chi connectivity index (χ0v) is 13.3. The van der Waals surface area contributed by atoms with Gasteiger partial charge in [-0.3, -0.25) is 9.69 Å². The largest absolute Gasteiger partial charge is 0.299 e. The van der Waals surface area contributed by atoms with Gasteiger partial charge in [0.25, 0.3) is 0 Å². The van der Waals surface area contributed by atoms with E-state index in [4.69, 9.17) is 0 Å². The van der Waals surface area contributed by atoms with Crippen LogP contribution >= 0.6 is 11.8 Å². The van der Waals surface area contributed by atoms with Gasteiger partial charge >= 0.3 is 0 Å². The third kappa shape index (κ3) is 4.93. The van der Waals surface area contributed by atoms with Crippen molar-refractivity contribution in [1.82, 2.24) is 4.90 Å². The molecule has 1 rings (SSSR count). The first-order chi connectivity index (χ1) is 8.56. The number of hydrogen-bond acceptors (Lipinski definition) is 3. The topological polar surface area (TPSA) is 20.3 Å². The lowest BCUT2D eigenvalue weighted by Crippen LogP contribution is -2.43. The van der Waals surface area contributed by atoms with Crippen molar-refractivity contribution in [3.8, 4) is 0 Å². The summed E-state index contributed by atoms with van der Waals surface area (Å²) in [5.41, 5.74) is 0. The fourth-order valence-electron chi connectivity index (χ4n) is 2.89. The van der Waals surface area contributed by atoms with Gasteiger partial charge < -0.3 is 0 Å². The summed E-state index contributed by atoms with van der Waals surface area (Å²) in [6.45, 7) is 10.9. The molecule has 106 valence electrons. The SMILES string of the molecule is CCCC[C@@H]([C@H](SC(C)=O)C(C)C)N1CCCC1. The van der Waals surface area contributed by atoms with E-state index in [1.54, 1.807) is 18.7 Å². The van der Waals surface area contributed by atoms with Crippen molar-refractivity contribution in [2.75, 3.05) is 13.1 Å². The molecular formula is C15H29NOS. The molecule has 0 radical (unpaired) electrons. The summed E-state index contributed by atoms with van der Waals surface area (Å²) in [4.78, 5) is 14.1. The van der Waals surface area contributed by atoms with Crippen molar-refractivity contribution in [2.24, 2.45) is 5.92 Å². The van der Waals surface area contributed by atoms with Crippen LogP contribution < -0.4 is 0 Å². The third-order valence-electron chi connectivity index (χ3n) is 3.80. The molecule has 1 saturated heterocycles. The Balaban J connectivity index is 2.71. The lowest BCUT2D eigenvalue weighted by atomic mass is 9.97. The predicted molar refractivity (Wildman–Crippen MR) is 81.0 cm³/mol. The number of rotatable bonds is 7. The maximum atomic E-state index is 11.5. The fourth-order valence-corrected chi connectivity index (χ4v) is 4.01. The summed E-state index contributed by atoms with van der Waals surface area (Å²) in [7, 11) is 0. The number of thioether (sulfide) groups is 1. The zero-order valence-electron chi connectivity index (χ0n) is 12.4. The Hall–Kier alpha value is -0.0200. The van der Waals surface area contributed by atoms with Crippen molar-refractivity contribution < 1.29 is 4.79 Å². The average molecular weight is 271 g/mol. The van der Waals surface area contributed by atoms with E-state index in [1.807, 2.05) is 0 Å². The Morgan fingerprint density at radius 2 is 1.89 bits per heavy atom. The van der Waals surface area contributed by atoms with E-state index < -0.39 is 0 Å². The van der Waals surface area contributed by atoms with Gasteiger partial charge in [-0.2, -0.15) is 0 Å². The summed E-state index contributed by atoms with van der Waals surface area (Å²) in [5, 5.41) is 0.738. The van der Waals surface area contributed by atoms with Crippen molar-refractivity contribution >= 4 is 16.9 Å². The Labute approximate surface area is 117 Å². The molecule has 0 bridgehead atoms. The molecule has 0 spiro atoms. The molecule has 1 heterocycles. The van der Waals surface area contributed by atoms with Gasteiger partial charge in [-0.1, -0.05) is 45.4 Å². The number of nitrogens with zero attached hydrogens (tertiary/aromatic N) is 1. The van der Waals surface area contributed by atoms with Crippen molar-refractivity contribution in [3.63, 3.8) is 0 Å². The van der Waals surface area contributed by atoms with Gasteiger partial charge in [-0.25, -0.2) is 0 Å². The summed E-state index contributed by atoms with van der Waals surface area (Å²) >= 11 is 1.57. The molecule has 2 atom stereocenters. The third-order valence-corrected chi connectivity index (χ3v) is 5.26. The molecule has 18 heavy (non-hydrogen) atoms. The molecule has 0 aromatic rings. The zero-order chi connectivity index (χ0) is 13.5. The fraction of sp³-hybridized carbons (Fsp3) is 0.933. The summed E-state index contributed by atoms with van der Waals surface area (Å²) in [6.07, 6.45) is 6.44. The molecule has 1 aliphatic rings. The molecule has 0 amide bonds. The van der Waals surface area contributed by atoms with Crippen LogP contribution in [0.2, 0.25) is 0 Å². The van der Waals surface area contributed by atoms with E-state index in [0.717, 1.165) is 0 Å². The number of carbonyl (C=O) groups excluding carboxylic acids is 1. The second-order valence-corrected chi connectivity index (χ2v) is 7.13. The van der Waals surface area contributed by atoms with Gasteiger partial charge in [-0.05, 0) is 38.3 Å². The minimum atomic E-state index is 0.273. The molecule has 0 unspecified atom stereocenters. The van der Waals surface area contributed by atoms with Crippen LogP contribution in [0.3, 0.4) is 0 Å². The van der Waals surface area contributed by atoms with E-state index in [1.165, 1.54) is 45.2 Å². The molecule has 0 aromatic heterocycles. The Bertz CT molecular complexity index is 249. The van der Waals surface area contributed by atoms with E-state index in [-0.39, 0.29) is 5.12 Å². The van der Waals surface area contributed by atoms with Crippen molar-refractivity contribution in [3.05, 3.63) is 0 Å². The molecule has 0 aromatic carbocycles. The van der Waals surface area contributed by atoms with Gasteiger partial charge in [0.1, 0.15) is 0 Å². The predicted octanol–water partition coefficient (Wildman–Crippen LogP) is 3.95. The van der Waals surface area contributed by atoms with Crippen LogP contribution in [0.15, 0.2) is 0 Å². The molecule has 0 saturated carbocycles. The van der Waals surface area contributed by atoms with Gasteiger partial charge in [0.2, 0.25) is 0 Å². The highest BCUT2D eigenvalue weighted by molar-refractivity contribution is 8.14. The molecule has 1 aliphatic heterocycles. The Morgan fingerprint density at radius 1 is 1.28 bits per heavy atom. The number of carbonyl (C=O) groups is 1. The Kier molecular flexibility index (Phi) is 7.31. The summed E-state index contributed by atoms with van der Waals surface area (Å²) in [6, 6.07) is 0.598. The highest BCUT2D eigenvalue weighted by Gasteiger charge is 2.32. The molecule has 3 heteroatoms. The lowest BCUT2D eigenvalue weighted by molar-refractivity contribution is -0.109. The van der Waals surface area contributed by atoms with Crippen LogP contribution in [0, 0.1) is 5.92 Å². The highest BCUT2D eigenvalue weighted by Crippen LogP contribution is 2.31. The molecular weight excluding hydrogens is 242 g/mol. The van der Waals surface area contributed by atoms with Crippen LogP contribution in [0.1, 0.15) is 59.8 Å². The van der Waals surface area contributed by atoms with Gasteiger partial charge in [0, 0.05) is 18.2 Å². The smallest absolute Gasteiger partial charge is 0.186 e. The first-order valence-electron chi connectivity index (χ1n) is 7.47. The standard InChI is InChI=1S/C15H29NOS/c1-5-6-9-14(16-10-7-8-11-16)15(12(2)3)18-13(4)17/h12,14-15H,5-11H2,1-4H3/t14-,15+/m0/s1. The first-order valence-corrected chi connectivity index (χ1v) is 8.35. The van der Waals surface area contributed by atoms with Crippen LogP contribution in [0.4, 0.5) is 0 Å². The highest BCUT2D eigenvalue weighted by atomic mass is 32.2. The monoisotopic (exact) mass is 271 g/mol. The van der Waals surface area contributed by atoms with Gasteiger partial charge in [0.15, 0.2) is 5.12 Å². The minimum Gasteiger partial charge on any atom is -0.299 e. The lowest BCUT2D eigenvalue weighted by Gasteiger charge is -2.36. The number of unbranched alkanes of at least 4 members (excludes halogenated alkanes) is 1. The van der Waals surface area contributed by atoms with Gasteiger partial charge in [-0.15, -0.1) is 0 Å². The van der Waals surface area contributed by atoms with Crippen LogP contribution in [-0.2, 0) is 4.79 Å². The average Bonchev–Trinajstić information content (AvgIpc) is 2.81. The van der Waals surface area contributed by atoms with Crippen LogP contribution in [0.5, 0.6) is 0 Å². The van der Waals surface area contributed by atoms with E-state index in [0.29, 0.717) is 17.2 Å². The maximum Gasteiger partial charge on any atom is 0.186 e. The second-order valence-electron chi connectivity index (χ2n) is 5.77. The van der Waals surface area contributed by atoms with Crippen LogP contribution in [0.25, 0.3) is 0 Å². The molecule has 2 nitrogen and oxygen atoms in total. The first kappa shape index (κ1) is 16.0. The normalized spacial score (nSPS) is 20.3. The Morgan fingerprint density at radius 3 is 2.33 bits per heavy atom. The molecule has 0 N–H and O–H groups in total. The summed E-state index contributed by atoms with van der Waals surface area (Å²) in [5.74, 6) is 0.571. The number of hydrogen-bond donors (Lipinski definition) is 0. The van der Waals surface area contributed by atoms with E-state index in [9.17, 15) is 4.79 Å². The van der Waals surface area contributed by atoms with E-state index in [2.05, 4.69) is 25.7 Å². The van der Waals surface area contributed by atoms with Crippen molar-refractivity contribution in [1.29, 1.82) is 0 Å². The maximum absolute atomic E-state index is 11.5. The number of likely N-dealkylation sites (tertiary alicyclic amines) is 1. The minimum absolute atomic E-state index is 0.273. The second kappa shape index (κ2) is 8.21. The molecule has 1 fully saturated rings. The van der Waals surface area contributed by atoms with E-state index >= 15 is 0 Å².